The summed E-state index contributed by atoms with van der Waals surface area (Å²) in [5, 5.41) is 5.71. The van der Waals surface area contributed by atoms with Gasteiger partial charge in [0.15, 0.2) is 0 Å². The first-order valence-electron chi connectivity index (χ1n) is 12.6. The van der Waals surface area contributed by atoms with Gasteiger partial charge in [0.2, 0.25) is 0 Å². The second-order valence-electron chi connectivity index (χ2n) is 9.27. The number of nitrogens with one attached hydrogen (secondary N) is 1. The molecule has 37 heavy (non-hydrogen) atoms. The molecule has 1 heterocycles. The quantitative estimate of drug-likeness (QED) is 0.283. The smallest absolute Gasteiger partial charge is 0.315 e. The summed E-state index contributed by atoms with van der Waals surface area (Å²) in [6.45, 7) is 6.44. The van der Waals surface area contributed by atoms with Crippen molar-refractivity contribution in [3.63, 3.8) is 0 Å². The Balaban J connectivity index is 1.65. The van der Waals surface area contributed by atoms with Gasteiger partial charge in [-0.15, -0.1) is 0 Å². The van der Waals surface area contributed by atoms with Crippen molar-refractivity contribution in [1.29, 1.82) is 0 Å². The van der Waals surface area contributed by atoms with E-state index >= 15 is 0 Å². The number of fused-ring (bicyclic) bond motifs is 2. The molecular weight excluding hydrogens is 460 g/mol. The fourth-order valence-corrected chi connectivity index (χ4v) is 4.75. The van der Waals surface area contributed by atoms with Gasteiger partial charge in [-0.1, -0.05) is 67.6 Å². The number of rotatable bonds is 6. The van der Waals surface area contributed by atoms with Gasteiger partial charge in [0.05, 0.1) is 22.6 Å². The number of hydrogen-bond acceptors (Lipinski definition) is 3. The number of carbonyl (C=O) groups is 1. The summed E-state index contributed by atoms with van der Waals surface area (Å²) in [4.78, 5) is 34.1. The van der Waals surface area contributed by atoms with Crippen LogP contribution in [0, 0.1) is 6.92 Å². The Morgan fingerprint density at radius 1 is 0.946 bits per heavy atom. The Kier molecular flexibility index (Phi) is 6.73. The van der Waals surface area contributed by atoms with E-state index in [1.807, 2.05) is 106 Å². The Hall–Kier alpha value is -4.45. The predicted molar refractivity (Wildman–Crippen MR) is 150 cm³/mol. The number of anilines is 1. The molecule has 0 aliphatic rings. The summed E-state index contributed by atoms with van der Waals surface area (Å²) in [5.41, 5.74) is 2.93. The standard InChI is InChI=1S/C31H30N4O2/c1-4-19-34(31(37)33-27-15-9-5-11-21(27)2)22(3)29-32-28-16-10-8-14-26(28)30(36)35(29)25-18-17-23-12-6-7-13-24(23)20-25/h5-18,20,22H,4,19H2,1-3H3,(H,33,37). The van der Waals surface area contributed by atoms with Gasteiger partial charge in [0, 0.05) is 12.2 Å². The van der Waals surface area contributed by atoms with Crippen LogP contribution >= 0.6 is 0 Å². The monoisotopic (exact) mass is 490 g/mol. The highest BCUT2D eigenvalue weighted by atomic mass is 16.2. The molecule has 186 valence electrons. The lowest BCUT2D eigenvalue weighted by Gasteiger charge is -2.30. The number of benzene rings is 4. The van der Waals surface area contributed by atoms with Crippen molar-refractivity contribution >= 4 is 33.4 Å². The predicted octanol–water partition coefficient (Wildman–Crippen LogP) is 6.85. The molecule has 5 rings (SSSR count). The van der Waals surface area contributed by atoms with Crippen molar-refractivity contribution in [2.75, 3.05) is 11.9 Å². The minimum atomic E-state index is -0.465. The Morgan fingerprint density at radius 3 is 2.43 bits per heavy atom. The molecule has 1 unspecified atom stereocenters. The van der Waals surface area contributed by atoms with Crippen molar-refractivity contribution in [2.24, 2.45) is 0 Å². The van der Waals surface area contributed by atoms with Gasteiger partial charge in [-0.05, 0) is 66.9 Å². The van der Waals surface area contributed by atoms with Crippen molar-refractivity contribution in [2.45, 2.75) is 33.2 Å². The minimum Gasteiger partial charge on any atom is -0.315 e. The lowest BCUT2D eigenvalue weighted by Crippen LogP contribution is -2.40. The molecule has 0 spiro atoms. The minimum absolute atomic E-state index is 0.154. The van der Waals surface area contributed by atoms with Gasteiger partial charge in [-0.3, -0.25) is 9.36 Å². The van der Waals surface area contributed by atoms with Crippen LogP contribution in [0.1, 0.15) is 37.7 Å². The fourth-order valence-electron chi connectivity index (χ4n) is 4.75. The number of para-hydroxylation sites is 2. The molecule has 2 amide bonds. The third-order valence-electron chi connectivity index (χ3n) is 6.75. The molecule has 4 aromatic carbocycles. The average Bonchev–Trinajstić information content (AvgIpc) is 2.92. The number of carbonyl (C=O) groups excluding carboxylic acids is 1. The van der Waals surface area contributed by atoms with E-state index in [1.54, 1.807) is 15.5 Å². The molecule has 0 fully saturated rings. The van der Waals surface area contributed by atoms with E-state index in [1.165, 1.54) is 0 Å². The third kappa shape index (κ3) is 4.70. The van der Waals surface area contributed by atoms with Gasteiger partial charge in [-0.2, -0.15) is 0 Å². The van der Waals surface area contributed by atoms with Crippen molar-refractivity contribution in [1.82, 2.24) is 14.5 Å². The zero-order chi connectivity index (χ0) is 25.9. The number of nitrogens with zero attached hydrogens (tertiary/aromatic N) is 3. The van der Waals surface area contributed by atoms with Crippen molar-refractivity contribution in [3.05, 3.63) is 113 Å². The molecular formula is C31H30N4O2. The first kappa shape index (κ1) is 24.3. The maximum atomic E-state index is 13.9. The molecule has 0 radical (unpaired) electrons. The van der Waals surface area contributed by atoms with Crippen LogP contribution in [0.4, 0.5) is 10.5 Å². The number of aryl methyl sites for hydroxylation is 1. The fraction of sp³-hybridized carbons (Fsp3) is 0.194. The topological polar surface area (TPSA) is 67.2 Å². The molecule has 6 heteroatoms. The van der Waals surface area contributed by atoms with E-state index in [0.29, 0.717) is 23.3 Å². The summed E-state index contributed by atoms with van der Waals surface area (Å²) in [5.74, 6) is 0.521. The molecule has 0 bridgehead atoms. The second kappa shape index (κ2) is 10.3. The maximum absolute atomic E-state index is 13.9. The molecule has 6 nitrogen and oxygen atoms in total. The maximum Gasteiger partial charge on any atom is 0.322 e. The zero-order valence-corrected chi connectivity index (χ0v) is 21.3. The first-order chi connectivity index (χ1) is 18.0. The molecule has 0 aliphatic carbocycles. The van der Waals surface area contributed by atoms with E-state index in [0.717, 1.165) is 34.1 Å². The lowest BCUT2D eigenvalue weighted by molar-refractivity contribution is 0.189. The van der Waals surface area contributed by atoms with Crippen LogP contribution in [0.15, 0.2) is 95.8 Å². The molecule has 1 atom stereocenters. The summed E-state index contributed by atoms with van der Waals surface area (Å²) in [6.07, 6.45) is 0.763. The van der Waals surface area contributed by atoms with E-state index in [-0.39, 0.29) is 11.6 Å². The van der Waals surface area contributed by atoms with Crippen molar-refractivity contribution < 1.29 is 4.79 Å². The molecule has 1 aromatic heterocycles. The van der Waals surface area contributed by atoms with Gasteiger partial charge in [-0.25, -0.2) is 9.78 Å². The van der Waals surface area contributed by atoms with Crippen LogP contribution < -0.4 is 10.9 Å². The average molecular weight is 491 g/mol. The Bertz CT molecular complexity index is 1660. The molecule has 0 aliphatic heterocycles. The number of hydrogen-bond donors (Lipinski definition) is 1. The van der Waals surface area contributed by atoms with Crippen LogP contribution in [0.25, 0.3) is 27.4 Å². The molecule has 1 N–H and O–H groups in total. The van der Waals surface area contributed by atoms with Gasteiger partial charge in [0.1, 0.15) is 5.82 Å². The number of amides is 2. The van der Waals surface area contributed by atoms with Crippen LogP contribution in [0.5, 0.6) is 0 Å². The molecule has 0 saturated carbocycles. The summed E-state index contributed by atoms with van der Waals surface area (Å²) in [6, 6.07) is 28.4. The van der Waals surface area contributed by atoms with Gasteiger partial charge >= 0.3 is 6.03 Å². The third-order valence-corrected chi connectivity index (χ3v) is 6.75. The van der Waals surface area contributed by atoms with Crippen molar-refractivity contribution in [3.8, 4) is 5.69 Å². The van der Waals surface area contributed by atoms with Crippen LogP contribution in [-0.2, 0) is 0 Å². The number of aromatic nitrogens is 2. The number of urea groups is 1. The SMILES string of the molecule is CCCN(C(=O)Nc1ccccc1C)C(C)c1nc2ccccc2c(=O)n1-c1ccc2ccccc2c1. The molecule has 0 saturated heterocycles. The van der Waals surface area contributed by atoms with E-state index in [9.17, 15) is 9.59 Å². The summed E-state index contributed by atoms with van der Waals surface area (Å²) >= 11 is 0. The Labute approximate surface area is 216 Å². The van der Waals surface area contributed by atoms with Gasteiger partial charge < -0.3 is 10.2 Å². The highest BCUT2D eigenvalue weighted by molar-refractivity contribution is 5.90. The van der Waals surface area contributed by atoms with Gasteiger partial charge in [0.25, 0.3) is 5.56 Å². The highest BCUT2D eigenvalue weighted by Crippen LogP contribution is 2.26. The van der Waals surface area contributed by atoms with E-state index < -0.39 is 6.04 Å². The van der Waals surface area contributed by atoms with Crippen LogP contribution in [0.3, 0.4) is 0 Å². The first-order valence-corrected chi connectivity index (χ1v) is 12.6. The summed E-state index contributed by atoms with van der Waals surface area (Å²) < 4.78 is 1.66. The lowest BCUT2D eigenvalue weighted by atomic mass is 10.1. The second-order valence-corrected chi connectivity index (χ2v) is 9.27. The zero-order valence-electron chi connectivity index (χ0n) is 21.3. The van der Waals surface area contributed by atoms with Crippen LogP contribution in [-0.4, -0.2) is 27.0 Å². The van der Waals surface area contributed by atoms with E-state index in [2.05, 4.69) is 5.32 Å². The largest absolute Gasteiger partial charge is 0.322 e. The normalized spacial score (nSPS) is 12.0. The Morgan fingerprint density at radius 2 is 1.65 bits per heavy atom. The summed E-state index contributed by atoms with van der Waals surface area (Å²) in [7, 11) is 0. The van der Waals surface area contributed by atoms with E-state index in [4.69, 9.17) is 4.98 Å². The molecule has 5 aromatic rings. The highest BCUT2D eigenvalue weighted by Gasteiger charge is 2.27. The van der Waals surface area contributed by atoms with Crippen LogP contribution in [0.2, 0.25) is 0 Å².